The summed E-state index contributed by atoms with van der Waals surface area (Å²) in [6.07, 6.45) is 1.68. The van der Waals surface area contributed by atoms with Crippen molar-refractivity contribution in [3.05, 3.63) is 48.5 Å². The molecule has 0 atom stereocenters. The third kappa shape index (κ3) is 8.67. The summed E-state index contributed by atoms with van der Waals surface area (Å²) in [6.45, 7) is 3.02. The average molecular weight is 499 g/mol. The molecular weight excluding hydrogens is 468 g/mol. The van der Waals surface area contributed by atoms with Crippen LogP contribution in [0.3, 0.4) is 0 Å². The lowest BCUT2D eigenvalue weighted by molar-refractivity contribution is -0.129. The van der Waals surface area contributed by atoms with Crippen LogP contribution in [0.25, 0.3) is 0 Å². The number of rotatable bonds is 13. The number of carbonyl (C=O) groups is 1. The van der Waals surface area contributed by atoms with Crippen LogP contribution in [0.15, 0.2) is 58.3 Å². The van der Waals surface area contributed by atoms with Crippen molar-refractivity contribution in [1.82, 2.24) is 9.62 Å². The predicted octanol–water partition coefficient (Wildman–Crippen LogP) is 2.08. The fraction of sp³-hybridized carbons (Fsp3) is 0.409. The van der Waals surface area contributed by atoms with Crippen molar-refractivity contribution in [2.24, 2.45) is 0 Å². The Hall–Kier alpha value is -2.63. The molecule has 0 radical (unpaired) electrons. The van der Waals surface area contributed by atoms with Gasteiger partial charge < -0.3 is 14.4 Å². The lowest BCUT2D eigenvalue weighted by Gasteiger charge is -2.17. The summed E-state index contributed by atoms with van der Waals surface area (Å²) in [5.74, 6) is 0.819. The Morgan fingerprint density at radius 2 is 1.67 bits per heavy atom. The summed E-state index contributed by atoms with van der Waals surface area (Å²) in [5.41, 5.74) is 0. The minimum absolute atomic E-state index is 0.0179. The molecule has 0 aliphatic heterocycles. The number of carbonyl (C=O) groups excluding carboxylic acids is 1. The third-order valence-electron chi connectivity index (χ3n) is 4.64. The van der Waals surface area contributed by atoms with Crippen molar-refractivity contribution >= 4 is 25.8 Å². The van der Waals surface area contributed by atoms with E-state index in [9.17, 15) is 21.6 Å². The van der Waals surface area contributed by atoms with E-state index in [0.717, 1.165) is 6.26 Å². The van der Waals surface area contributed by atoms with Gasteiger partial charge >= 0.3 is 0 Å². The molecule has 2 aromatic rings. The fourth-order valence-corrected chi connectivity index (χ4v) is 4.55. The SMILES string of the molecule is CCOc1ccc(S(=O)(=O)NCCC(=O)N(C)CCCOc2cccc(S(C)(=O)=O)c2)cc1. The first kappa shape index (κ1) is 26.6. The van der Waals surface area contributed by atoms with Gasteiger partial charge in [-0.2, -0.15) is 0 Å². The summed E-state index contributed by atoms with van der Waals surface area (Å²) in [7, 11) is -5.40. The molecule has 0 saturated heterocycles. The second kappa shape index (κ2) is 12.0. The van der Waals surface area contributed by atoms with E-state index in [2.05, 4.69) is 4.72 Å². The van der Waals surface area contributed by atoms with E-state index in [-0.39, 0.29) is 28.7 Å². The zero-order valence-corrected chi connectivity index (χ0v) is 20.6. The van der Waals surface area contributed by atoms with Gasteiger partial charge in [0.25, 0.3) is 0 Å². The van der Waals surface area contributed by atoms with Gasteiger partial charge in [-0.05, 0) is 55.8 Å². The van der Waals surface area contributed by atoms with Crippen LogP contribution in [-0.4, -0.2) is 67.2 Å². The Morgan fingerprint density at radius 1 is 0.970 bits per heavy atom. The molecule has 0 aromatic heterocycles. The van der Waals surface area contributed by atoms with Crippen LogP contribution >= 0.6 is 0 Å². The summed E-state index contributed by atoms with van der Waals surface area (Å²) in [4.78, 5) is 14.1. The molecule has 11 heteroatoms. The van der Waals surface area contributed by atoms with Gasteiger partial charge in [-0.3, -0.25) is 4.79 Å². The van der Waals surface area contributed by atoms with Crippen molar-refractivity contribution in [1.29, 1.82) is 0 Å². The van der Waals surface area contributed by atoms with Gasteiger partial charge in [0.15, 0.2) is 9.84 Å². The number of benzene rings is 2. The first-order chi connectivity index (χ1) is 15.5. The number of amides is 1. The summed E-state index contributed by atoms with van der Waals surface area (Å²) < 4.78 is 61.2. The lowest BCUT2D eigenvalue weighted by atomic mass is 10.3. The maximum absolute atomic E-state index is 12.4. The fourth-order valence-electron chi connectivity index (χ4n) is 2.86. The summed E-state index contributed by atoms with van der Waals surface area (Å²) in [6, 6.07) is 12.3. The first-order valence-electron chi connectivity index (χ1n) is 10.4. The van der Waals surface area contributed by atoms with Crippen molar-refractivity contribution in [3.63, 3.8) is 0 Å². The molecule has 2 rings (SSSR count). The third-order valence-corrected chi connectivity index (χ3v) is 7.23. The van der Waals surface area contributed by atoms with Crippen molar-refractivity contribution < 1.29 is 31.1 Å². The molecule has 2 aromatic carbocycles. The second-order valence-electron chi connectivity index (χ2n) is 7.32. The van der Waals surface area contributed by atoms with E-state index >= 15 is 0 Å². The maximum atomic E-state index is 12.4. The van der Waals surface area contributed by atoms with Crippen LogP contribution in [0.1, 0.15) is 19.8 Å². The van der Waals surface area contributed by atoms with Gasteiger partial charge in [-0.1, -0.05) is 6.07 Å². The van der Waals surface area contributed by atoms with Crippen LogP contribution < -0.4 is 14.2 Å². The van der Waals surface area contributed by atoms with Crippen LogP contribution in [0, 0.1) is 0 Å². The molecule has 0 unspecified atom stereocenters. The van der Waals surface area contributed by atoms with Gasteiger partial charge in [0.05, 0.1) is 23.0 Å². The largest absolute Gasteiger partial charge is 0.494 e. The summed E-state index contributed by atoms with van der Waals surface area (Å²) >= 11 is 0. The average Bonchev–Trinajstić information content (AvgIpc) is 2.76. The normalized spacial score (nSPS) is 11.7. The first-order valence-corrected chi connectivity index (χ1v) is 13.8. The standard InChI is InChI=1S/C22H30N2O7S2/c1-4-30-18-9-11-20(12-10-18)33(28,29)23-14-13-22(25)24(2)15-6-16-31-19-7-5-8-21(17-19)32(3,26)27/h5,7-12,17,23H,4,6,13-16H2,1-3H3. The highest BCUT2D eigenvalue weighted by molar-refractivity contribution is 7.90. The quantitative estimate of drug-likeness (QED) is 0.420. The Labute approximate surface area is 195 Å². The summed E-state index contributed by atoms with van der Waals surface area (Å²) in [5, 5.41) is 0. The van der Waals surface area contributed by atoms with Crippen LogP contribution in [0.4, 0.5) is 0 Å². The second-order valence-corrected chi connectivity index (χ2v) is 11.1. The van der Waals surface area contributed by atoms with Crippen LogP contribution in [0.5, 0.6) is 11.5 Å². The minimum atomic E-state index is -3.72. The highest BCUT2D eigenvalue weighted by Gasteiger charge is 2.15. The van der Waals surface area contributed by atoms with E-state index in [0.29, 0.717) is 37.7 Å². The zero-order valence-electron chi connectivity index (χ0n) is 19.0. The topological polar surface area (TPSA) is 119 Å². The number of hydrogen-bond donors (Lipinski definition) is 1. The molecular formula is C22H30N2O7S2. The number of hydrogen-bond acceptors (Lipinski definition) is 7. The van der Waals surface area contributed by atoms with Gasteiger partial charge in [-0.15, -0.1) is 0 Å². The molecule has 1 N–H and O–H groups in total. The van der Waals surface area contributed by atoms with Gasteiger partial charge in [-0.25, -0.2) is 21.6 Å². The highest BCUT2D eigenvalue weighted by atomic mass is 32.2. The Bertz CT molecular complexity index is 1130. The number of ether oxygens (including phenoxy) is 2. The van der Waals surface area contributed by atoms with E-state index in [1.807, 2.05) is 6.92 Å². The number of nitrogens with one attached hydrogen (secondary N) is 1. The van der Waals surface area contributed by atoms with E-state index in [1.54, 1.807) is 31.3 Å². The van der Waals surface area contributed by atoms with Crippen molar-refractivity contribution in [2.75, 3.05) is 39.6 Å². The molecule has 9 nitrogen and oxygen atoms in total. The van der Waals surface area contributed by atoms with E-state index < -0.39 is 19.9 Å². The van der Waals surface area contributed by atoms with Crippen molar-refractivity contribution in [3.8, 4) is 11.5 Å². The van der Waals surface area contributed by atoms with Crippen molar-refractivity contribution in [2.45, 2.75) is 29.6 Å². The van der Waals surface area contributed by atoms with Crippen LogP contribution in [0.2, 0.25) is 0 Å². The Kier molecular flexibility index (Phi) is 9.69. The Morgan fingerprint density at radius 3 is 2.30 bits per heavy atom. The molecule has 0 heterocycles. The molecule has 0 saturated carbocycles. The van der Waals surface area contributed by atoms with E-state index in [4.69, 9.17) is 9.47 Å². The smallest absolute Gasteiger partial charge is 0.240 e. The van der Waals surface area contributed by atoms with Gasteiger partial charge in [0.2, 0.25) is 15.9 Å². The predicted molar refractivity (Wildman–Crippen MR) is 125 cm³/mol. The number of nitrogens with zero attached hydrogens (tertiary/aromatic N) is 1. The number of sulfone groups is 1. The molecule has 182 valence electrons. The molecule has 0 aliphatic rings. The molecule has 1 amide bonds. The molecule has 0 fully saturated rings. The monoisotopic (exact) mass is 498 g/mol. The minimum Gasteiger partial charge on any atom is -0.494 e. The van der Waals surface area contributed by atoms with Gasteiger partial charge in [0, 0.05) is 32.8 Å². The molecule has 0 aliphatic carbocycles. The zero-order chi connectivity index (χ0) is 24.5. The van der Waals surface area contributed by atoms with Gasteiger partial charge in [0.1, 0.15) is 11.5 Å². The van der Waals surface area contributed by atoms with E-state index in [1.165, 1.54) is 29.2 Å². The molecule has 0 bridgehead atoms. The lowest BCUT2D eigenvalue weighted by Crippen LogP contribution is -2.33. The van der Waals surface area contributed by atoms with Crippen LogP contribution in [-0.2, 0) is 24.7 Å². The molecule has 33 heavy (non-hydrogen) atoms. The maximum Gasteiger partial charge on any atom is 0.240 e. The number of sulfonamides is 1. The Balaban J connectivity index is 1.73. The molecule has 0 spiro atoms. The highest BCUT2D eigenvalue weighted by Crippen LogP contribution is 2.18.